The van der Waals surface area contributed by atoms with Gasteiger partial charge in [-0.15, -0.1) is 10.2 Å². The lowest BCUT2D eigenvalue weighted by Crippen LogP contribution is -2.17. The summed E-state index contributed by atoms with van der Waals surface area (Å²) in [6.45, 7) is 5.46. The highest BCUT2D eigenvalue weighted by atomic mass is 32.2. The van der Waals surface area contributed by atoms with Crippen molar-refractivity contribution in [1.29, 1.82) is 0 Å². The van der Waals surface area contributed by atoms with Gasteiger partial charge in [0.2, 0.25) is 0 Å². The van der Waals surface area contributed by atoms with Gasteiger partial charge in [0.1, 0.15) is 5.82 Å². The van der Waals surface area contributed by atoms with Gasteiger partial charge in [-0.2, -0.15) is 0 Å². The van der Waals surface area contributed by atoms with Crippen LogP contribution in [0.25, 0.3) is 0 Å². The van der Waals surface area contributed by atoms with Gasteiger partial charge < -0.3 is 9.88 Å². The highest BCUT2D eigenvalue weighted by molar-refractivity contribution is 7.99. The quantitative estimate of drug-likeness (QED) is 0.623. The second-order valence-electron chi connectivity index (χ2n) is 4.46. The number of hydrogen-bond acceptors (Lipinski definition) is 4. The molecule has 96 valence electrons. The summed E-state index contributed by atoms with van der Waals surface area (Å²) in [7, 11) is 0. The molecule has 0 unspecified atom stereocenters. The van der Waals surface area contributed by atoms with E-state index < -0.39 is 0 Å². The maximum atomic E-state index is 4.31. The highest BCUT2D eigenvalue weighted by Crippen LogP contribution is 2.21. The SMILES string of the molecule is CCCNCCSc1nnc2n1CCCCC2. The Bertz CT molecular complexity index is 337. The monoisotopic (exact) mass is 254 g/mol. The summed E-state index contributed by atoms with van der Waals surface area (Å²) < 4.78 is 2.32. The van der Waals surface area contributed by atoms with Crippen LogP contribution in [0.15, 0.2) is 5.16 Å². The predicted octanol–water partition coefficient (Wildman–Crippen LogP) is 2.10. The van der Waals surface area contributed by atoms with E-state index in [0.29, 0.717) is 0 Å². The van der Waals surface area contributed by atoms with Crippen molar-refractivity contribution in [2.75, 3.05) is 18.8 Å². The van der Waals surface area contributed by atoms with Crippen LogP contribution in [0.4, 0.5) is 0 Å². The van der Waals surface area contributed by atoms with Crippen LogP contribution in [0.2, 0.25) is 0 Å². The molecule has 1 aliphatic rings. The van der Waals surface area contributed by atoms with Crippen molar-refractivity contribution in [2.45, 2.75) is 50.7 Å². The summed E-state index contributed by atoms with van der Waals surface area (Å²) in [4.78, 5) is 0. The summed E-state index contributed by atoms with van der Waals surface area (Å²) in [6.07, 6.45) is 6.16. The Balaban J connectivity index is 1.82. The molecule has 2 rings (SSSR count). The predicted molar refractivity (Wildman–Crippen MR) is 71.5 cm³/mol. The molecule has 2 heterocycles. The third-order valence-corrected chi connectivity index (χ3v) is 3.98. The average molecular weight is 254 g/mol. The molecular weight excluding hydrogens is 232 g/mol. The lowest BCUT2D eigenvalue weighted by molar-refractivity contribution is 0.590. The zero-order valence-electron chi connectivity index (χ0n) is 10.6. The van der Waals surface area contributed by atoms with Gasteiger partial charge >= 0.3 is 0 Å². The first-order valence-electron chi connectivity index (χ1n) is 6.67. The van der Waals surface area contributed by atoms with E-state index >= 15 is 0 Å². The summed E-state index contributed by atoms with van der Waals surface area (Å²) >= 11 is 1.83. The lowest BCUT2D eigenvalue weighted by atomic mass is 10.2. The van der Waals surface area contributed by atoms with Gasteiger partial charge in [0.15, 0.2) is 5.16 Å². The molecular formula is C12H22N4S. The summed E-state index contributed by atoms with van der Waals surface area (Å²) in [6, 6.07) is 0. The second kappa shape index (κ2) is 7.01. The molecule has 4 nitrogen and oxygen atoms in total. The van der Waals surface area contributed by atoms with Crippen LogP contribution in [0, 0.1) is 0 Å². The molecule has 0 fully saturated rings. The summed E-state index contributed by atoms with van der Waals surface area (Å²) in [5, 5.41) is 13.1. The van der Waals surface area contributed by atoms with Gasteiger partial charge in [-0.1, -0.05) is 25.1 Å². The van der Waals surface area contributed by atoms with Crippen LogP contribution in [0.5, 0.6) is 0 Å². The van der Waals surface area contributed by atoms with Crippen LogP contribution >= 0.6 is 11.8 Å². The summed E-state index contributed by atoms with van der Waals surface area (Å²) in [5.41, 5.74) is 0. The molecule has 1 aliphatic heterocycles. The Hall–Kier alpha value is -0.550. The maximum absolute atomic E-state index is 4.31. The van der Waals surface area contributed by atoms with E-state index in [1.807, 2.05) is 11.8 Å². The van der Waals surface area contributed by atoms with Crippen LogP contribution < -0.4 is 5.32 Å². The Kier molecular flexibility index (Phi) is 5.32. The fourth-order valence-electron chi connectivity index (χ4n) is 2.08. The minimum absolute atomic E-state index is 1.06. The van der Waals surface area contributed by atoms with Crippen molar-refractivity contribution in [3.05, 3.63) is 5.82 Å². The van der Waals surface area contributed by atoms with Crippen LogP contribution in [-0.2, 0) is 13.0 Å². The molecule has 0 amide bonds. The molecule has 0 bridgehead atoms. The van der Waals surface area contributed by atoms with Gasteiger partial charge in [-0.25, -0.2) is 0 Å². The van der Waals surface area contributed by atoms with Gasteiger partial charge in [-0.3, -0.25) is 0 Å². The fraction of sp³-hybridized carbons (Fsp3) is 0.833. The highest BCUT2D eigenvalue weighted by Gasteiger charge is 2.14. The van der Waals surface area contributed by atoms with Crippen molar-refractivity contribution >= 4 is 11.8 Å². The number of thioether (sulfide) groups is 1. The third kappa shape index (κ3) is 3.71. The van der Waals surface area contributed by atoms with Crippen LogP contribution in [0.1, 0.15) is 38.4 Å². The molecule has 0 saturated carbocycles. The molecule has 0 spiro atoms. The minimum Gasteiger partial charge on any atom is -0.316 e. The topological polar surface area (TPSA) is 42.7 Å². The van der Waals surface area contributed by atoms with E-state index in [-0.39, 0.29) is 0 Å². The molecule has 0 radical (unpaired) electrons. The number of fused-ring (bicyclic) bond motifs is 1. The van der Waals surface area contributed by atoms with Crippen molar-refractivity contribution in [2.24, 2.45) is 0 Å². The van der Waals surface area contributed by atoms with Gasteiger partial charge in [0.05, 0.1) is 0 Å². The Morgan fingerprint density at radius 3 is 3.06 bits per heavy atom. The zero-order chi connectivity index (χ0) is 11.9. The number of rotatable bonds is 6. The molecule has 1 N–H and O–H groups in total. The first-order valence-corrected chi connectivity index (χ1v) is 7.66. The molecule has 5 heteroatoms. The first kappa shape index (κ1) is 12.9. The molecule has 1 aromatic rings. The molecule has 0 aliphatic carbocycles. The van der Waals surface area contributed by atoms with E-state index in [4.69, 9.17) is 0 Å². The Labute approximate surface area is 108 Å². The zero-order valence-corrected chi connectivity index (χ0v) is 11.4. The largest absolute Gasteiger partial charge is 0.316 e. The molecule has 0 atom stereocenters. The van der Waals surface area contributed by atoms with Crippen LogP contribution in [0.3, 0.4) is 0 Å². The molecule has 0 saturated heterocycles. The minimum atomic E-state index is 1.06. The Morgan fingerprint density at radius 1 is 1.24 bits per heavy atom. The van der Waals surface area contributed by atoms with Crippen LogP contribution in [-0.4, -0.2) is 33.6 Å². The van der Waals surface area contributed by atoms with E-state index in [9.17, 15) is 0 Å². The van der Waals surface area contributed by atoms with E-state index in [2.05, 4.69) is 27.0 Å². The van der Waals surface area contributed by atoms with Crippen molar-refractivity contribution in [1.82, 2.24) is 20.1 Å². The van der Waals surface area contributed by atoms with E-state index in [1.54, 1.807) is 0 Å². The maximum Gasteiger partial charge on any atom is 0.191 e. The number of aryl methyl sites for hydroxylation is 1. The van der Waals surface area contributed by atoms with Crippen molar-refractivity contribution in [3.63, 3.8) is 0 Å². The van der Waals surface area contributed by atoms with Crippen molar-refractivity contribution in [3.8, 4) is 0 Å². The van der Waals surface area contributed by atoms with Gasteiger partial charge in [0, 0.05) is 25.3 Å². The standard InChI is InChI=1S/C12H22N4S/c1-2-7-13-8-10-17-12-15-14-11-6-4-3-5-9-16(11)12/h13H,2-10H2,1H3. The van der Waals surface area contributed by atoms with Crippen molar-refractivity contribution < 1.29 is 0 Å². The first-order chi connectivity index (χ1) is 8.42. The molecule has 1 aromatic heterocycles. The van der Waals surface area contributed by atoms with Gasteiger partial charge in [-0.05, 0) is 25.8 Å². The molecule has 0 aromatic carbocycles. The number of hydrogen-bond donors (Lipinski definition) is 1. The number of aromatic nitrogens is 3. The summed E-state index contributed by atoms with van der Waals surface area (Å²) in [5.74, 6) is 2.27. The smallest absolute Gasteiger partial charge is 0.191 e. The number of nitrogens with one attached hydrogen (secondary N) is 1. The van der Waals surface area contributed by atoms with E-state index in [0.717, 1.165) is 37.0 Å². The Morgan fingerprint density at radius 2 is 2.18 bits per heavy atom. The second-order valence-corrected chi connectivity index (χ2v) is 5.52. The van der Waals surface area contributed by atoms with E-state index in [1.165, 1.54) is 31.5 Å². The van der Waals surface area contributed by atoms with Gasteiger partial charge in [0.25, 0.3) is 0 Å². The third-order valence-electron chi connectivity index (χ3n) is 3.01. The lowest BCUT2D eigenvalue weighted by Gasteiger charge is -2.06. The number of nitrogens with zero attached hydrogens (tertiary/aromatic N) is 3. The fourth-order valence-corrected chi connectivity index (χ4v) is 2.96. The molecule has 17 heavy (non-hydrogen) atoms. The average Bonchev–Trinajstić information content (AvgIpc) is 2.59. The normalized spacial score (nSPS) is 15.6.